The van der Waals surface area contributed by atoms with Gasteiger partial charge in [-0.1, -0.05) is 0 Å². The molecule has 0 fully saturated rings. The minimum Gasteiger partial charge on any atom is -0.497 e. The maximum absolute atomic E-state index is 13.4. The highest BCUT2D eigenvalue weighted by atomic mass is 16.6. The Balaban J connectivity index is 1.77. The van der Waals surface area contributed by atoms with E-state index < -0.39 is 5.91 Å². The molecule has 0 radical (unpaired) electrons. The topological polar surface area (TPSA) is 99.8 Å². The van der Waals surface area contributed by atoms with Crippen LogP contribution < -0.4 is 20.0 Å². The summed E-state index contributed by atoms with van der Waals surface area (Å²) in [6.45, 7) is 4.87. The van der Waals surface area contributed by atoms with Gasteiger partial charge in [0.2, 0.25) is 0 Å². The van der Waals surface area contributed by atoms with Crippen LogP contribution in [0.4, 0.5) is 16.2 Å². The lowest BCUT2D eigenvalue weighted by molar-refractivity contribution is 0.0364. The molecule has 3 aromatic rings. The van der Waals surface area contributed by atoms with Crippen molar-refractivity contribution in [3.05, 3.63) is 47.8 Å². The molecule has 0 bridgehead atoms. The van der Waals surface area contributed by atoms with Crippen molar-refractivity contribution in [1.82, 2.24) is 15.4 Å². The second-order valence-corrected chi connectivity index (χ2v) is 6.77. The Morgan fingerprint density at radius 1 is 1.30 bits per heavy atom. The van der Waals surface area contributed by atoms with Crippen molar-refractivity contribution in [1.29, 1.82) is 0 Å². The summed E-state index contributed by atoms with van der Waals surface area (Å²) in [5, 5.41) is 0.907. The first-order valence-corrected chi connectivity index (χ1v) is 9.72. The number of fused-ring (bicyclic) bond motifs is 3. The van der Waals surface area contributed by atoms with Crippen LogP contribution in [0.5, 0.6) is 5.75 Å². The first kappa shape index (κ1) is 19.7. The number of anilines is 2. The van der Waals surface area contributed by atoms with Gasteiger partial charge in [-0.2, -0.15) is 0 Å². The molecule has 30 heavy (non-hydrogen) atoms. The molecule has 4 rings (SSSR count). The van der Waals surface area contributed by atoms with Crippen molar-refractivity contribution >= 4 is 34.3 Å². The third-order valence-electron chi connectivity index (χ3n) is 5.02. The number of carbonyl (C=O) groups is 2. The van der Waals surface area contributed by atoms with Crippen LogP contribution in [-0.4, -0.2) is 42.2 Å². The van der Waals surface area contributed by atoms with E-state index in [9.17, 15) is 9.59 Å². The largest absolute Gasteiger partial charge is 0.497 e. The van der Waals surface area contributed by atoms with Gasteiger partial charge in [-0.05, 0) is 32.0 Å². The van der Waals surface area contributed by atoms with Crippen LogP contribution in [0.1, 0.15) is 29.8 Å². The number of benzene rings is 1. The van der Waals surface area contributed by atoms with E-state index in [1.54, 1.807) is 41.1 Å². The lowest BCUT2D eigenvalue weighted by atomic mass is 10.1. The van der Waals surface area contributed by atoms with Crippen LogP contribution in [0.2, 0.25) is 0 Å². The lowest BCUT2D eigenvalue weighted by Crippen LogP contribution is -2.47. The number of ether oxygens (including phenoxy) is 1. The van der Waals surface area contributed by atoms with Crippen molar-refractivity contribution < 1.29 is 19.2 Å². The first-order valence-electron chi connectivity index (χ1n) is 9.72. The normalized spacial score (nSPS) is 13.5. The lowest BCUT2D eigenvalue weighted by Gasteiger charge is -2.37. The van der Waals surface area contributed by atoms with Gasteiger partial charge in [0.1, 0.15) is 11.4 Å². The molecule has 3 heterocycles. The molecule has 2 N–H and O–H groups in total. The third-order valence-corrected chi connectivity index (χ3v) is 5.02. The number of H-pyrrole nitrogens is 1. The summed E-state index contributed by atoms with van der Waals surface area (Å²) < 4.78 is 5.36. The number of hydrogen-bond donors (Lipinski definition) is 2. The second kappa shape index (κ2) is 8.03. The van der Waals surface area contributed by atoms with Gasteiger partial charge in [0.15, 0.2) is 0 Å². The van der Waals surface area contributed by atoms with E-state index in [1.165, 1.54) is 7.11 Å². The van der Waals surface area contributed by atoms with E-state index in [2.05, 4.69) is 15.4 Å². The molecule has 0 unspecified atom stereocenters. The number of amides is 3. The number of nitrogens with zero attached hydrogens (tertiary/aromatic N) is 3. The van der Waals surface area contributed by atoms with E-state index >= 15 is 0 Å². The highest BCUT2D eigenvalue weighted by molar-refractivity contribution is 6.11. The number of methoxy groups -OCH3 is 1. The first-order chi connectivity index (χ1) is 14.6. The smallest absolute Gasteiger partial charge is 0.329 e. The summed E-state index contributed by atoms with van der Waals surface area (Å²) in [7, 11) is 1.52. The van der Waals surface area contributed by atoms with Crippen LogP contribution in [0, 0.1) is 0 Å². The third kappa shape index (κ3) is 3.33. The summed E-state index contributed by atoms with van der Waals surface area (Å²) in [5.74, 6) is 0.0555. The number of urea groups is 1. The molecular weight excluding hydrogens is 386 g/mol. The molecule has 1 aliphatic heterocycles. The van der Waals surface area contributed by atoms with Gasteiger partial charge in [0, 0.05) is 41.5 Å². The van der Waals surface area contributed by atoms with Crippen LogP contribution in [0.25, 0.3) is 11.0 Å². The molecule has 0 aliphatic carbocycles. The zero-order valence-electron chi connectivity index (χ0n) is 17.1. The predicted molar refractivity (Wildman–Crippen MR) is 113 cm³/mol. The Morgan fingerprint density at radius 3 is 2.87 bits per heavy atom. The highest BCUT2D eigenvalue weighted by Gasteiger charge is 2.33. The summed E-state index contributed by atoms with van der Waals surface area (Å²) in [6.07, 6.45) is 3.59. The van der Waals surface area contributed by atoms with Gasteiger partial charge in [-0.15, -0.1) is 0 Å². The average molecular weight is 409 g/mol. The molecule has 3 amide bonds. The minimum absolute atomic E-state index is 0.178. The quantitative estimate of drug-likeness (QED) is 0.609. The van der Waals surface area contributed by atoms with Crippen molar-refractivity contribution in [2.45, 2.75) is 20.4 Å². The molecule has 1 aromatic carbocycles. The Kier molecular flexibility index (Phi) is 5.28. The van der Waals surface area contributed by atoms with E-state index in [0.29, 0.717) is 36.7 Å². The van der Waals surface area contributed by atoms with Gasteiger partial charge in [0.05, 0.1) is 31.6 Å². The number of aromatic amines is 1. The van der Waals surface area contributed by atoms with Gasteiger partial charge in [-0.25, -0.2) is 15.3 Å². The van der Waals surface area contributed by atoms with Crippen molar-refractivity contribution in [3.8, 4) is 5.75 Å². The summed E-state index contributed by atoms with van der Waals surface area (Å²) >= 11 is 0. The fraction of sp³-hybridized carbons (Fsp3) is 0.286. The van der Waals surface area contributed by atoms with Crippen LogP contribution in [0.3, 0.4) is 0 Å². The molecular formula is C21H23N5O4. The molecule has 0 spiro atoms. The van der Waals surface area contributed by atoms with Crippen LogP contribution in [-0.2, 0) is 11.4 Å². The Labute approximate surface area is 173 Å². The van der Waals surface area contributed by atoms with Crippen molar-refractivity contribution in [2.24, 2.45) is 0 Å². The van der Waals surface area contributed by atoms with E-state index in [-0.39, 0.29) is 6.03 Å². The van der Waals surface area contributed by atoms with E-state index in [4.69, 9.17) is 9.57 Å². The molecule has 0 atom stereocenters. The zero-order valence-corrected chi connectivity index (χ0v) is 17.1. The standard InChI is InChI=1S/C21H23N5O4/c1-4-25-18-14(11-23-19-17(18)6-7-22-19)12-26(21(25)28)15-8-13(9-16(10-15)29-3)20(27)24-30-5-2/h6-11H,4-5,12H2,1-3H3,(H,22,23)(H,24,27). The fourth-order valence-corrected chi connectivity index (χ4v) is 3.63. The predicted octanol–water partition coefficient (Wildman–Crippen LogP) is 3.22. The molecule has 9 heteroatoms. The molecule has 2 aromatic heterocycles. The van der Waals surface area contributed by atoms with E-state index in [1.807, 2.05) is 19.2 Å². The minimum atomic E-state index is -0.412. The number of pyridine rings is 1. The summed E-state index contributed by atoms with van der Waals surface area (Å²) in [6, 6.07) is 6.73. The number of carbonyl (C=O) groups excluding carboxylic acids is 2. The number of nitrogens with one attached hydrogen (secondary N) is 2. The van der Waals surface area contributed by atoms with Crippen molar-refractivity contribution in [3.63, 3.8) is 0 Å². The van der Waals surface area contributed by atoms with Gasteiger partial charge in [0.25, 0.3) is 5.91 Å². The summed E-state index contributed by atoms with van der Waals surface area (Å²) in [4.78, 5) is 41.7. The number of aromatic nitrogens is 2. The SMILES string of the molecule is CCONC(=O)c1cc(OC)cc(N2Cc3cnc4[nH]ccc4c3N(CC)C2=O)c1. The van der Waals surface area contributed by atoms with Gasteiger partial charge < -0.3 is 9.72 Å². The molecule has 9 nitrogen and oxygen atoms in total. The number of hydrogen-bond acceptors (Lipinski definition) is 5. The Hall–Kier alpha value is -3.59. The molecule has 0 saturated carbocycles. The van der Waals surface area contributed by atoms with Crippen LogP contribution >= 0.6 is 0 Å². The zero-order chi connectivity index (χ0) is 21.3. The van der Waals surface area contributed by atoms with Gasteiger partial charge >= 0.3 is 6.03 Å². The van der Waals surface area contributed by atoms with E-state index in [0.717, 1.165) is 22.3 Å². The summed E-state index contributed by atoms with van der Waals surface area (Å²) in [5.41, 5.74) is 5.79. The maximum atomic E-state index is 13.4. The number of rotatable bonds is 6. The molecule has 156 valence electrons. The second-order valence-electron chi connectivity index (χ2n) is 6.77. The van der Waals surface area contributed by atoms with Crippen molar-refractivity contribution in [2.75, 3.05) is 30.1 Å². The molecule has 0 saturated heterocycles. The Bertz CT molecular complexity index is 1110. The monoisotopic (exact) mass is 409 g/mol. The van der Waals surface area contributed by atoms with Crippen LogP contribution in [0.15, 0.2) is 36.7 Å². The highest BCUT2D eigenvalue weighted by Crippen LogP contribution is 2.37. The van der Waals surface area contributed by atoms with Gasteiger partial charge in [-0.3, -0.25) is 19.4 Å². The maximum Gasteiger partial charge on any atom is 0.329 e. The average Bonchev–Trinajstić information content (AvgIpc) is 3.25. The Morgan fingerprint density at radius 2 is 2.13 bits per heavy atom. The fourth-order valence-electron chi connectivity index (χ4n) is 3.63. The molecule has 1 aliphatic rings. The number of hydroxylamine groups is 1.